The molecule has 5 heteroatoms. The highest BCUT2D eigenvalue weighted by Gasteiger charge is 2.21. The fourth-order valence-electron chi connectivity index (χ4n) is 4.00. The molecule has 0 bridgehead atoms. The number of rotatable bonds is 8. The molecule has 0 aliphatic rings. The van der Waals surface area contributed by atoms with Crippen molar-refractivity contribution in [3.05, 3.63) is 41.2 Å². The van der Waals surface area contributed by atoms with Gasteiger partial charge in [0, 0.05) is 30.2 Å². The molecule has 0 fully saturated rings. The molecule has 0 aliphatic carbocycles. The van der Waals surface area contributed by atoms with Crippen LogP contribution in [0.1, 0.15) is 69.2 Å². The summed E-state index contributed by atoms with van der Waals surface area (Å²) in [5, 5.41) is 11.1. The average Bonchev–Trinajstić information content (AvgIpc) is 3.05. The predicted octanol–water partition coefficient (Wildman–Crippen LogP) is 5.21. The molecule has 3 heterocycles. The number of aromatic nitrogens is 3. The van der Waals surface area contributed by atoms with Crippen LogP contribution in [0.25, 0.3) is 22.3 Å². The van der Waals surface area contributed by atoms with Crippen molar-refractivity contribution in [2.75, 3.05) is 13.7 Å². The molecule has 0 saturated carbocycles. The number of methoxy groups -OCH3 is 1. The number of aliphatic hydroxyl groups is 1. The first kappa shape index (κ1) is 21.3. The Balaban J connectivity index is 2.21. The topological polar surface area (TPSA) is 60.2 Å². The van der Waals surface area contributed by atoms with Gasteiger partial charge in [0.05, 0.1) is 25.0 Å². The third-order valence-corrected chi connectivity index (χ3v) is 5.66. The van der Waals surface area contributed by atoms with E-state index in [2.05, 4.69) is 56.7 Å². The zero-order valence-electron chi connectivity index (χ0n) is 18.5. The molecule has 0 saturated heterocycles. The smallest absolute Gasteiger partial charge is 0.222 e. The van der Waals surface area contributed by atoms with Gasteiger partial charge in [0.15, 0.2) is 0 Å². The minimum absolute atomic E-state index is 0.141. The monoisotopic (exact) mass is 395 g/mol. The van der Waals surface area contributed by atoms with E-state index in [1.165, 1.54) is 5.56 Å². The number of aliphatic hydroxyl groups excluding tert-OH is 1. The molecule has 0 aromatic carbocycles. The van der Waals surface area contributed by atoms with Gasteiger partial charge in [-0.05, 0) is 48.1 Å². The first-order valence-corrected chi connectivity index (χ1v) is 10.6. The zero-order valence-corrected chi connectivity index (χ0v) is 18.5. The highest BCUT2D eigenvalue weighted by Crippen LogP contribution is 2.36. The average molecular weight is 396 g/mol. The minimum atomic E-state index is 0.141. The summed E-state index contributed by atoms with van der Waals surface area (Å²) in [4.78, 5) is 9.77. The number of nitrogens with zero attached hydrogens (tertiary/aromatic N) is 3. The van der Waals surface area contributed by atoms with E-state index in [0.29, 0.717) is 11.8 Å². The normalized spacial score (nSPS) is 12.7. The molecule has 3 rings (SSSR count). The fourth-order valence-corrected chi connectivity index (χ4v) is 4.00. The second-order valence-corrected chi connectivity index (χ2v) is 8.03. The van der Waals surface area contributed by atoms with Gasteiger partial charge in [0.2, 0.25) is 5.88 Å². The lowest BCUT2D eigenvalue weighted by Crippen LogP contribution is -2.04. The van der Waals surface area contributed by atoms with Gasteiger partial charge in [-0.2, -0.15) is 0 Å². The van der Waals surface area contributed by atoms with Gasteiger partial charge in [0.25, 0.3) is 0 Å². The van der Waals surface area contributed by atoms with E-state index in [0.717, 1.165) is 52.8 Å². The Hall–Kier alpha value is -2.40. The van der Waals surface area contributed by atoms with E-state index < -0.39 is 0 Å². The second-order valence-electron chi connectivity index (χ2n) is 8.03. The molecule has 0 aliphatic heterocycles. The summed E-state index contributed by atoms with van der Waals surface area (Å²) in [7, 11) is 3.68. The third kappa shape index (κ3) is 4.01. The summed E-state index contributed by atoms with van der Waals surface area (Å²) >= 11 is 0. The maximum absolute atomic E-state index is 9.92. The lowest BCUT2D eigenvalue weighted by molar-refractivity contribution is 0.259. The maximum Gasteiger partial charge on any atom is 0.222 e. The standard InChI is InChI=1S/C24H33N3O2/c1-7-9-17(14-28)20-13-27(5)23-19(20)12-16(8-2)22(26-23)18-10-11-21(15(3)4)25-24(18)29-6/h10-13,15,17,28H,7-9,14H2,1-6H3/t17-/m0/s1. The number of aryl methyl sites for hydroxylation is 2. The Morgan fingerprint density at radius 2 is 1.93 bits per heavy atom. The van der Waals surface area contributed by atoms with Crippen LogP contribution in [-0.2, 0) is 13.5 Å². The van der Waals surface area contributed by atoms with Crippen LogP contribution < -0.4 is 4.74 Å². The molecule has 156 valence electrons. The summed E-state index contributed by atoms with van der Waals surface area (Å²) in [5.41, 5.74) is 6.12. The molecule has 1 atom stereocenters. The maximum atomic E-state index is 9.92. The Bertz CT molecular complexity index is 991. The van der Waals surface area contributed by atoms with Crippen molar-refractivity contribution in [1.29, 1.82) is 0 Å². The first-order chi connectivity index (χ1) is 13.9. The molecule has 3 aromatic heterocycles. The van der Waals surface area contributed by atoms with E-state index in [-0.39, 0.29) is 12.5 Å². The summed E-state index contributed by atoms with van der Waals surface area (Å²) in [6, 6.07) is 6.38. The van der Waals surface area contributed by atoms with Crippen LogP contribution in [0.15, 0.2) is 24.4 Å². The SMILES string of the molecule is CCC[C@@H](CO)c1cn(C)c2nc(-c3ccc(C(C)C)nc3OC)c(CC)cc12. The van der Waals surface area contributed by atoms with E-state index in [1.807, 2.05) is 7.05 Å². The Morgan fingerprint density at radius 1 is 1.17 bits per heavy atom. The lowest BCUT2D eigenvalue weighted by Gasteiger charge is -2.15. The Morgan fingerprint density at radius 3 is 2.52 bits per heavy atom. The molecule has 0 unspecified atom stereocenters. The predicted molar refractivity (Wildman–Crippen MR) is 119 cm³/mol. The van der Waals surface area contributed by atoms with Crippen molar-refractivity contribution < 1.29 is 9.84 Å². The Kier molecular flexibility index (Phi) is 6.58. The number of hydrogen-bond donors (Lipinski definition) is 1. The van der Waals surface area contributed by atoms with Crippen LogP contribution in [0.2, 0.25) is 0 Å². The van der Waals surface area contributed by atoms with Crippen molar-refractivity contribution in [1.82, 2.24) is 14.5 Å². The number of ether oxygens (including phenoxy) is 1. The van der Waals surface area contributed by atoms with Crippen LogP contribution in [0.3, 0.4) is 0 Å². The van der Waals surface area contributed by atoms with Gasteiger partial charge in [-0.1, -0.05) is 34.1 Å². The number of hydrogen-bond acceptors (Lipinski definition) is 4. The first-order valence-electron chi connectivity index (χ1n) is 10.6. The van der Waals surface area contributed by atoms with Crippen molar-refractivity contribution in [2.45, 2.75) is 58.8 Å². The molecule has 0 spiro atoms. The van der Waals surface area contributed by atoms with Crippen LogP contribution in [0, 0.1) is 0 Å². The van der Waals surface area contributed by atoms with Crippen LogP contribution >= 0.6 is 0 Å². The van der Waals surface area contributed by atoms with Crippen LogP contribution in [0.4, 0.5) is 0 Å². The van der Waals surface area contributed by atoms with Gasteiger partial charge in [-0.25, -0.2) is 9.97 Å². The summed E-state index contributed by atoms with van der Waals surface area (Å²) in [5.74, 6) is 1.09. The van der Waals surface area contributed by atoms with E-state index in [9.17, 15) is 5.11 Å². The Labute approximate surface area is 173 Å². The molecule has 0 radical (unpaired) electrons. The van der Waals surface area contributed by atoms with Crippen LogP contribution in [-0.4, -0.2) is 33.4 Å². The van der Waals surface area contributed by atoms with Gasteiger partial charge >= 0.3 is 0 Å². The van der Waals surface area contributed by atoms with Crippen molar-refractivity contribution >= 4 is 11.0 Å². The summed E-state index contributed by atoms with van der Waals surface area (Å²) in [6.07, 6.45) is 4.99. The highest BCUT2D eigenvalue weighted by atomic mass is 16.5. The minimum Gasteiger partial charge on any atom is -0.480 e. The van der Waals surface area contributed by atoms with Crippen molar-refractivity contribution in [3.63, 3.8) is 0 Å². The molecule has 29 heavy (non-hydrogen) atoms. The zero-order chi connectivity index (χ0) is 21.1. The lowest BCUT2D eigenvalue weighted by atomic mass is 9.94. The molecule has 0 amide bonds. The number of pyridine rings is 2. The molecular weight excluding hydrogens is 362 g/mol. The summed E-state index contributed by atoms with van der Waals surface area (Å²) in [6.45, 7) is 8.71. The van der Waals surface area contributed by atoms with E-state index in [1.54, 1.807) is 7.11 Å². The fraction of sp³-hybridized carbons (Fsp3) is 0.500. The molecule has 5 nitrogen and oxygen atoms in total. The van der Waals surface area contributed by atoms with Crippen molar-refractivity contribution in [2.24, 2.45) is 7.05 Å². The largest absolute Gasteiger partial charge is 0.480 e. The quantitative estimate of drug-likeness (QED) is 0.569. The molecule has 1 N–H and O–H groups in total. The van der Waals surface area contributed by atoms with E-state index in [4.69, 9.17) is 14.7 Å². The summed E-state index contributed by atoms with van der Waals surface area (Å²) < 4.78 is 7.70. The second kappa shape index (κ2) is 8.95. The van der Waals surface area contributed by atoms with Crippen molar-refractivity contribution in [3.8, 4) is 17.1 Å². The third-order valence-electron chi connectivity index (χ3n) is 5.66. The van der Waals surface area contributed by atoms with Gasteiger partial charge < -0.3 is 14.4 Å². The van der Waals surface area contributed by atoms with Gasteiger partial charge in [0.1, 0.15) is 5.65 Å². The highest BCUT2D eigenvalue weighted by molar-refractivity contribution is 5.86. The molecule has 3 aromatic rings. The van der Waals surface area contributed by atoms with Gasteiger partial charge in [-0.3, -0.25) is 0 Å². The van der Waals surface area contributed by atoms with Crippen LogP contribution in [0.5, 0.6) is 5.88 Å². The number of fused-ring (bicyclic) bond motifs is 1. The molecular formula is C24H33N3O2. The van der Waals surface area contributed by atoms with E-state index >= 15 is 0 Å². The van der Waals surface area contributed by atoms with Gasteiger partial charge in [-0.15, -0.1) is 0 Å².